The van der Waals surface area contributed by atoms with Crippen LogP contribution >= 0.6 is 0 Å². The average Bonchev–Trinajstić information content (AvgIpc) is 3.11. The number of rotatable bonds is 22. The molecule has 3 atom stereocenters. The lowest BCUT2D eigenvalue weighted by molar-refractivity contribution is -0.253. The highest BCUT2D eigenvalue weighted by molar-refractivity contribution is 7.92. The van der Waals surface area contributed by atoms with E-state index in [4.69, 9.17) is 9.47 Å². The Kier molecular flexibility index (Phi) is 16.4. The molecule has 0 amide bonds. The molecule has 3 unspecified atom stereocenters. The molecule has 264 valence electrons. The third-order valence-electron chi connectivity index (χ3n) is 9.22. The molecule has 7 nitrogen and oxygen atoms in total. The second-order valence-corrected chi connectivity index (χ2v) is 14.9. The van der Waals surface area contributed by atoms with Gasteiger partial charge in [0.15, 0.2) is 6.29 Å². The highest BCUT2D eigenvalue weighted by Gasteiger charge is 2.33. The quantitative estimate of drug-likeness (QED) is 0.103. The smallest absolute Gasteiger partial charge is 0.261 e. The standard InChI is InChI=1S/C40H58N2O5S/c1-3-5-7-9-11-16-28-42(29-17-12-10-8-6-4-2)31-37-30-39(34-22-20-33(32-43)21-23-34)47-40(46-37)35-24-26-36(27-25-35)41-48(44,45)38-18-14-13-15-19-38/h13-15,18-27,37,39-41,43H,3-12,16-17,28-32H2,1-2H3. The van der Waals surface area contributed by atoms with E-state index in [-0.39, 0.29) is 23.7 Å². The van der Waals surface area contributed by atoms with Gasteiger partial charge < -0.3 is 19.5 Å². The van der Waals surface area contributed by atoms with Crippen LogP contribution in [0.3, 0.4) is 0 Å². The van der Waals surface area contributed by atoms with Crippen molar-refractivity contribution < 1.29 is 23.0 Å². The number of benzene rings is 3. The van der Waals surface area contributed by atoms with Gasteiger partial charge in [0, 0.05) is 24.2 Å². The first-order valence-electron chi connectivity index (χ1n) is 18.3. The molecular weight excluding hydrogens is 621 g/mol. The molecule has 1 heterocycles. The van der Waals surface area contributed by atoms with Crippen molar-refractivity contribution in [3.05, 3.63) is 95.6 Å². The van der Waals surface area contributed by atoms with Crippen LogP contribution in [0.1, 0.15) is 126 Å². The number of nitrogens with zero attached hydrogens (tertiary/aromatic N) is 1. The summed E-state index contributed by atoms with van der Waals surface area (Å²) in [6.45, 7) is 7.55. The molecule has 1 saturated heterocycles. The van der Waals surface area contributed by atoms with E-state index < -0.39 is 16.3 Å². The van der Waals surface area contributed by atoms with Gasteiger partial charge in [-0.15, -0.1) is 0 Å². The van der Waals surface area contributed by atoms with E-state index in [0.29, 0.717) is 5.69 Å². The summed E-state index contributed by atoms with van der Waals surface area (Å²) in [5.41, 5.74) is 3.26. The summed E-state index contributed by atoms with van der Waals surface area (Å²) in [4.78, 5) is 2.83. The zero-order valence-corrected chi connectivity index (χ0v) is 30.0. The summed E-state index contributed by atoms with van der Waals surface area (Å²) in [5.74, 6) is 0. The van der Waals surface area contributed by atoms with Crippen molar-refractivity contribution in [2.75, 3.05) is 24.4 Å². The van der Waals surface area contributed by atoms with Gasteiger partial charge in [-0.2, -0.15) is 0 Å². The largest absolute Gasteiger partial charge is 0.392 e. The molecule has 3 aromatic carbocycles. The number of anilines is 1. The highest BCUT2D eigenvalue weighted by atomic mass is 32.2. The van der Waals surface area contributed by atoms with Gasteiger partial charge in [0.2, 0.25) is 0 Å². The fourth-order valence-electron chi connectivity index (χ4n) is 6.37. The first-order valence-corrected chi connectivity index (χ1v) is 19.8. The Morgan fingerprint density at radius 2 is 1.27 bits per heavy atom. The first-order chi connectivity index (χ1) is 23.4. The van der Waals surface area contributed by atoms with E-state index in [2.05, 4.69) is 23.5 Å². The van der Waals surface area contributed by atoms with Crippen LogP contribution in [0.2, 0.25) is 0 Å². The maximum atomic E-state index is 12.9. The van der Waals surface area contributed by atoms with Crippen LogP contribution in [-0.2, 0) is 26.1 Å². The summed E-state index contributed by atoms with van der Waals surface area (Å²) >= 11 is 0. The zero-order valence-electron chi connectivity index (χ0n) is 29.2. The lowest BCUT2D eigenvalue weighted by Crippen LogP contribution is -2.40. The minimum Gasteiger partial charge on any atom is -0.392 e. The molecule has 48 heavy (non-hydrogen) atoms. The average molecular weight is 679 g/mol. The normalized spacial score (nSPS) is 18.3. The number of hydrogen-bond donors (Lipinski definition) is 2. The van der Waals surface area contributed by atoms with Crippen molar-refractivity contribution in [3.63, 3.8) is 0 Å². The number of hydrogen-bond acceptors (Lipinski definition) is 6. The summed E-state index contributed by atoms with van der Waals surface area (Å²) in [6.07, 6.45) is 15.3. The zero-order chi connectivity index (χ0) is 34.0. The monoisotopic (exact) mass is 678 g/mol. The van der Waals surface area contributed by atoms with E-state index in [0.717, 1.165) is 42.7 Å². The Morgan fingerprint density at radius 3 is 1.85 bits per heavy atom. The second-order valence-electron chi connectivity index (χ2n) is 13.2. The van der Waals surface area contributed by atoms with Gasteiger partial charge in [0.25, 0.3) is 10.0 Å². The maximum absolute atomic E-state index is 12.9. The first kappa shape index (κ1) is 38.1. The fourth-order valence-corrected chi connectivity index (χ4v) is 7.45. The van der Waals surface area contributed by atoms with Crippen LogP contribution in [0.15, 0.2) is 83.8 Å². The third-order valence-corrected chi connectivity index (χ3v) is 10.6. The minimum atomic E-state index is -3.69. The fraction of sp³-hybridized carbons (Fsp3) is 0.550. The van der Waals surface area contributed by atoms with Gasteiger partial charge in [-0.3, -0.25) is 4.72 Å². The Bertz CT molecular complexity index is 1380. The van der Waals surface area contributed by atoms with Gasteiger partial charge in [0.1, 0.15) is 0 Å². The predicted molar refractivity (Wildman–Crippen MR) is 195 cm³/mol. The number of ether oxygens (including phenoxy) is 2. The number of sulfonamides is 1. The van der Waals surface area contributed by atoms with Crippen LogP contribution in [-0.4, -0.2) is 44.2 Å². The molecule has 1 aliphatic heterocycles. The van der Waals surface area contributed by atoms with Gasteiger partial charge >= 0.3 is 0 Å². The molecular formula is C40H58N2O5S. The van der Waals surface area contributed by atoms with E-state index in [1.807, 2.05) is 36.4 Å². The van der Waals surface area contributed by atoms with Crippen molar-refractivity contribution in [1.29, 1.82) is 0 Å². The molecule has 1 aliphatic rings. The summed E-state index contributed by atoms with van der Waals surface area (Å²) in [7, 11) is -3.69. The molecule has 3 aromatic rings. The number of aliphatic hydroxyl groups is 1. The topological polar surface area (TPSA) is 88.1 Å². The Balaban J connectivity index is 1.46. The SMILES string of the molecule is CCCCCCCCN(CCCCCCCC)CC1CC(c2ccc(CO)cc2)OC(c2ccc(NS(=O)(=O)c3ccccc3)cc2)O1. The maximum Gasteiger partial charge on any atom is 0.261 e. The molecule has 0 bridgehead atoms. The Hall–Kier alpha value is -2.75. The predicted octanol–water partition coefficient (Wildman–Crippen LogP) is 9.55. The number of aliphatic hydroxyl groups excluding tert-OH is 1. The molecule has 0 radical (unpaired) electrons. The van der Waals surface area contributed by atoms with Crippen molar-refractivity contribution in [1.82, 2.24) is 4.90 Å². The molecule has 2 N–H and O–H groups in total. The van der Waals surface area contributed by atoms with Gasteiger partial charge in [-0.25, -0.2) is 8.42 Å². The van der Waals surface area contributed by atoms with Crippen LogP contribution < -0.4 is 4.72 Å². The molecule has 4 rings (SSSR count). The van der Waals surface area contributed by atoms with Gasteiger partial charge in [-0.1, -0.05) is 133 Å². The minimum absolute atomic E-state index is 0.00634. The number of nitrogens with one attached hydrogen (secondary N) is 1. The van der Waals surface area contributed by atoms with Crippen LogP contribution in [0.4, 0.5) is 5.69 Å². The van der Waals surface area contributed by atoms with Gasteiger partial charge in [-0.05, 0) is 61.3 Å². The van der Waals surface area contributed by atoms with E-state index in [1.165, 1.54) is 77.0 Å². The molecule has 8 heteroatoms. The van der Waals surface area contributed by atoms with Crippen molar-refractivity contribution in [2.45, 2.75) is 127 Å². The van der Waals surface area contributed by atoms with E-state index in [1.54, 1.807) is 42.5 Å². The molecule has 0 saturated carbocycles. The van der Waals surface area contributed by atoms with Crippen molar-refractivity contribution >= 4 is 15.7 Å². The molecule has 0 aromatic heterocycles. The van der Waals surface area contributed by atoms with Gasteiger partial charge in [0.05, 0.1) is 23.7 Å². The van der Waals surface area contributed by atoms with Crippen molar-refractivity contribution in [2.24, 2.45) is 0 Å². The van der Waals surface area contributed by atoms with E-state index in [9.17, 15) is 13.5 Å². The van der Waals surface area contributed by atoms with Crippen LogP contribution in [0.5, 0.6) is 0 Å². The third kappa shape index (κ3) is 12.6. The molecule has 0 spiro atoms. The Labute approximate surface area is 290 Å². The summed E-state index contributed by atoms with van der Waals surface area (Å²) in [5, 5.41) is 9.59. The molecule has 1 fully saturated rings. The van der Waals surface area contributed by atoms with Crippen LogP contribution in [0.25, 0.3) is 0 Å². The van der Waals surface area contributed by atoms with E-state index >= 15 is 0 Å². The lowest BCUT2D eigenvalue weighted by Gasteiger charge is -2.38. The molecule has 0 aliphatic carbocycles. The lowest BCUT2D eigenvalue weighted by atomic mass is 9.99. The summed E-state index contributed by atoms with van der Waals surface area (Å²) in [6, 6.07) is 23.7. The highest BCUT2D eigenvalue weighted by Crippen LogP contribution is 2.38. The summed E-state index contributed by atoms with van der Waals surface area (Å²) < 4.78 is 41.7. The Morgan fingerprint density at radius 1 is 0.708 bits per heavy atom. The van der Waals surface area contributed by atoms with Crippen molar-refractivity contribution in [3.8, 4) is 0 Å². The second kappa shape index (κ2) is 20.7. The number of unbranched alkanes of at least 4 members (excludes halogenated alkanes) is 10. The van der Waals surface area contributed by atoms with Crippen LogP contribution in [0, 0.1) is 0 Å².